The van der Waals surface area contributed by atoms with Crippen molar-refractivity contribution in [3.05, 3.63) is 63.7 Å². The highest BCUT2D eigenvalue weighted by atomic mass is 79.9. The minimum atomic E-state index is -0.315. The van der Waals surface area contributed by atoms with Gasteiger partial charge in [0.1, 0.15) is 5.82 Å². The Hall–Kier alpha value is -2.62. The molecular formula is C21H20BrFN4O2S. The zero-order chi connectivity index (χ0) is 21.7. The number of carbonyl (C=O) groups excluding carboxylic acids is 2. The number of benzene rings is 2. The molecule has 0 saturated carbocycles. The van der Waals surface area contributed by atoms with E-state index < -0.39 is 0 Å². The molecule has 2 N–H and O–H groups in total. The number of aryl methyl sites for hydroxylation is 1. The SMILES string of the molecule is Cc1cc(Br)ccc1NC(=O)CN(C)CC(=O)Nc1nc(-c2ccc(F)cc2)cs1. The van der Waals surface area contributed by atoms with Crippen molar-refractivity contribution < 1.29 is 14.0 Å². The molecule has 0 aliphatic rings. The number of carbonyl (C=O) groups is 2. The quantitative estimate of drug-likeness (QED) is 0.510. The van der Waals surface area contributed by atoms with Gasteiger partial charge in [-0.25, -0.2) is 9.37 Å². The summed E-state index contributed by atoms with van der Waals surface area (Å²) in [6, 6.07) is 11.6. The summed E-state index contributed by atoms with van der Waals surface area (Å²) >= 11 is 4.67. The van der Waals surface area contributed by atoms with Gasteiger partial charge in [-0.1, -0.05) is 15.9 Å². The Morgan fingerprint density at radius 2 is 1.77 bits per heavy atom. The lowest BCUT2D eigenvalue weighted by atomic mass is 10.2. The monoisotopic (exact) mass is 490 g/mol. The number of thiazole rings is 1. The molecule has 0 aliphatic heterocycles. The smallest absolute Gasteiger partial charge is 0.240 e. The van der Waals surface area contributed by atoms with E-state index in [-0.39, 0.29) is 30.7 Å². The first kappa shape index (κ1) is 22.1. The van der Waals surface area contributed by atoms with Crippen LogP contribution in [0.3, 0.4) is 0 Å². The summed E-state index contributed by atoms with van der Waals surface area (Å²) in [6.45, 7) is 2.02. The fourth-order valence-corrected chi connectivity index (χ4v) is 3.96. The van der Waals surface area contributed by atoms with Gasteiger partial charge in [-0.05, 0) is 62.0 Å². The van der Waals surface area contributed by atoms with Gasteiger partial charge in [-0.2, -0.15) is 0 Å². The average molecular weight is 491 g/mol. The normalized spacial score (nSPS) is 10.8. The van der Waals surface area contributed by atoms with Gasteiger partial charge in [0.2, 0.25) is 11.8 Å². The Balaban J connectivity index is 1.49. The molecular weight excluding hydrogens is 471 g/mol. The highest BCUT2D eigenvalue weighted by Gasteiger charge is 2.14. The van der Waals surface area contributed by atoms with Gasteiger partial charge >= 0.3 is 0 Å². The van der Waals surface area contributed by atoms with E-state index in [4.69, 9.17) is 0 Å². The van der Waals surface area contributed by atoms with Crippen molar-refractivity contribution in [3.63, 3.8) is 0 Å². The molecule has 2 aromatic carbocycles. The van der Waals surface area contributed by atoms with E-state index in [0.29, 0.717) is 10.8 Å². The summed E-state index contributed by atoms with van der Waals surface area (Å²) in [5.41, 5.74) is 3.11. The van der Waals surface area contributed by atoms with E-state index in [1.165, 1.54) is 23.5 Å². The number of rotatable bonds is 7. The van der Waals surface area contributed by atoms with Crippen molar-refractivity contribution in [3.8, 4) is 11.3 Å². The van der Waals surface area contributed by atoms with Crippen LogP contribution < -0.4 is 10.6 Å². The van der Waals surface area contributed by atoms with Crippen LogP contribution in [0.25, 0.3) is 11.3 Å². The molecule has 0 spiro atoms. The maximum Gasteiger partial charge on any atom is 0.240 e. The van der Waals surface area contributed by atoms with E-state index in [9.17, 15) is 14.0 Å². The number of hydrogen-bond acceptors (Lipinski definition) is 5. The maximum absolute atomic E-state index is 13.0. The lowest BCUT2D eigenvalue weighted by Gasteiger charge is -2.16. The summed E-state index contributed by atoms with van der Waals surface area (Å²) in [6.07, 6.45) is 0. The summed E-state index contributed by atoms with van der Waals surface area (Å²) in [5.74, 6) is -0.793. The van der Waals surface area contributed by atoms with Crippen LogP contribution in [0.1, 0.15) is 5.56 Å². The van der Waals surface area contributed by atoms with Crippen LogP contribution in [0.2, 0.25) is 0 Å². The van der Waals surface area contributed by atoms with E-state index in [2.05, 4.69) is 31.5 Å². The van der Waals surface area contributed by atoms with Crippen molar-refractivity contribution in [1.29, 1.82) is 0 Å². The van der Waals surface area contributed by atoms with Crippen LogP contribution in [0.5, 0.6) is 0 Å². The topological polar surface area (TPSA) is 74.3 Å². The van der Waals surface area contributed by atoms with Crippen LogP contribution in [-0.2, 0) is 9.59 Å². The number of nitrogens with zero attached hydrogens (tertiary/aromatic N) is 2. The van der Waals surface area contributed by atoms with Gasteiger partial charge in [0.05, 0.1) is 18.8 Å². The van der Waals surface area contributed by atoms with Crippen LogP contribution in [0.4, 0.5) is 15.2 Å². The summed E-state index contributed by atoms with van der Waals surface area (Å²) in [7, 11) is 1.69. The fourth-order valence-electron chi connectivity index (χ4n) is 2.75. The van der Waals surface area contributed by atoms with E-state index in [1.807, 2.05) is 25.1 Å². The number of likely N-dealkylation sites (N-methyl/N-ethyl adjacent to an activating group) is 1. The minimum absolute atomic E-state index is 0.0399. The standard InChI is InChI=1S/C21H20BrFN4O2S/c1-13-9-15(22)5-8-17(13)24-19(28)10-27(2)11-20(29)26-21-25-18(12-30-21)14-3-6-16(23)7-4-14/h3-9,12H,10-11H2,1-2H3,(H,24,28)(H,25,26,29). The number of hydrogen-bond donors (Lipinski definition) is 2. The predicted molar refractivity (Wildman–Crippen MR) is 121 cm³/mol. The summed E-state index contributed by atoms with van der Waals surface area (Å²) in [5, 5.41) is 7.81. The first-order valence-electron chi connectivity index (χ1n) is 9.06. The zero-order valence-corrected chi connectivity index (χ0v) is 18.8. The fraction of sp³-hybridized carbons (Fsp3) is 0.190. The first-order valence-corrected chi connectivity index (χ1v) is 10.7. The maximum atomic E-state index is 13.0. The molecule has 0 aliphatic carbocycles. The third-order valence-corrected chi connectivity index (χ3v) is 5.43. The molecule has 0 atom stereocenters. The van der Waals surface area contributed by atoms with Crippen LogP contribution in [0, 0.1) is 12.7 Å². The molecule has 2 amide bonds. The molecule has 3 rings (SSSR count). The third-order valence-electron chi connectivity index (χ3n) is 4.18. The Morgan fingerprint density at radius 3 is 2.43 bits per heavy atom. The predicted octanol–water partition coefficient (Wildman–Crippen LogP) is 4.53. The van der Waals surface area contributed by atoms with Crippen molar-refractivity contribution in [1.82, 2.24) is 9.88 Å². The van der Waals surface area contributed by atoms with Gasteiger partial charge in [0.25, 0.3) is 0 Å². The number of anilines is 2. The average Bonchev–Trinajstić information content (AvgIpc) is 3.12. The van der Waals surface area contributed by atoms with Gasteiger partial charge in [0.15, 0.2) is 5.13 Å². The van der Waals surface area contributed by atoms with Crippen molar-refractivity contribution in [2.45, 2.75) is 6.92 Å². The summed E-state index contributed by atoms with van der Waals surface area (Å²) in [4.78, 5) is 30.5. The third kappa shape index (κ3) is 6.19. The zero-order valence-electron chi connectivity index (χ0n) is 16.4. The summed E-state index contributed by atoms with van der Waals surface area (Å²) < 4.78 is 14.0. The van der Waals surface area contributed by atoms with E-state index in [1.54, 1.807) is 29.5 Å². The molecule has 30 heavy (non-hydrogen) atoms. The van der Waals surface area contributed by atoms with Gasteiger partial charge in [-0.15, -0.1) is 11.3 Å². The molecule has 0 fully saturated rings. The van der Waals surface area contributed by atoms with Crippen LogP contribution >= 0.6 is 27.3 Å². The number of halogens is 2. The lowest BCUT2D eigenvalue weighted by molar-refractivity contribution is -0.119. The van der Waals surface area contributed by atoms with Crippen molar-refractivity contribution >= 4 is 49.9 Å². The second-order valence-corrected chi connectivity index (χ2v) is 8.55. The number of nitrogens with one attached hydrogen (secondary N) is 2. The molecule has 9 heteroatoms. The van der Waals surface area contributed by atoms with Gasteiger partial charge in [-0.3, -0.25) is 14.5 Å². The Kier molecular flexibility index (Phi) is 7.30. The van der Waals surface area contributed by atoms with Crippen LogP contribution in [-0.4, -0.2) is 41.8 Å². The van der Waals surface area contributed by atoms with E-state index >= 15 is 0 Å². The molecule has 1 heterocycles. The Bertz CT molecular complexity index is 1060. The van der Waals surface area contributed by atoms with Gasteiger partial charge in [0, 0.05) is 21.1 Å². The van der Waals surface area contributed by atoms with Crippen molar-refractivity contribution in [2.24, 2.45) is 0 Å². The first-order chi connectivity index (χ1) is 14.3. The molecule has 3 aromatic rings. The molecule has 0 radical (unpaired) electrons. The molecule has 0 saturated heterocycles. The largest absolute Gasteiger partial charge is 0.325 e. The lowest BCUT2D eigenvalue weighted by Crippen LogP contribution is -2.36. The Morgan fingerprint density at radius 1 is 1.10 bits per heavy atom. The Labute approximate surface area is 186 Å². The molecule has 0 bridgehead atoms. The van der Waals surface area contributed by atoms with Crippen molar-refractivity contribution in [2.75, 3.05) is 30.8 Å². The van der Waals surface area contributed by atoms with Crippen LogP contribution in [0.15, 0.2) is 52.3 Å². The van der Waals surface area contributed by atoms with Gasteiger partial charge < -0.3 is 10.6 Å². The van der Waals surface area contributed by atoms with E-state index in [0.717, 1.165) is 21.3 Å². The number of aromatic nitrogens is 1. The highest BCUT2D eigenvalue weighted by Crippen LogP contribution is 2.25. The minimum Gasteiger partial charge on any atom is -0.325 e. The number of amides is 2. The second kappa shape index (κ2) is 9.92. The second-order valence-electron chi connectivity index (χ2n) is 6.77. The highest BCUT2D eigenvalue weighted by molar-refractivity contribution is 9.10. The molecule has 156 valence electrons. The molecule has 6 nitrogen and oxygen atoms in total. The molecule has 1 aromatic heterocycles. The molecule has 0 unspecified atom stereocenters.